The molecular formula is C25H26. The third-order valence-electron chi connectivity index (χ3n) is 5.55. The summed E-state index contributed by atoms with van der Waals surface area (Å²) in [5.41, 5.74) is 13.1. The van der Waals surface area contributed by atoms with Crippen LogP contribution in [0, 0.1) is 6.92 Å². The maximum absolute atomic E-state index is 2.40. The van der Waals surface area contributed by atoms with Crippen LogP contribution in [0.5, 0.6) is 0 Å². The number of benzene rings is 1. The highest BCUT2D eigenvalue weighted by Crippen LogP contribution is 2.44. The topological polar surface area (TPSA) is 0 Å². The molecule has 0 N–H and O–H groups in total. The van der Waals surface area contributed by atoms with E-state index in [1.165, 1.54) is 56.5 Å². The fourth-order valence-electron chi connectivity index (χ4n) is 4.19. The minimum absolute atomic E-state index is 1.06. The normalized spacial score (nSPS) is 24.1. The molecule has 0 unspecified atom stereocenters. The van der Waals surface area contributed by atoms with Gasteiger partial charge >= 0.3 is 0 Å². The molecule has 25 heavy (non-hydrogen) atoms. The molecule has 0 aromatic heterocycles. The lowest BCUT2D eigenvalue weighted by atomic mass is 9.87. The van der Waals surface area contributed by atoms with Crippen LogP contribution in [0.15, 0.2) is 82.5 Å². The molecule has 0 amide bonds. The number of fused-ring (bicyclic) bond motifs is 1. The molecule has 1 aromatic rings. The summed E-state index contributed by atoms with van der Waals surface area (Å²) in [4.78, 5) is 0. The summed E-state index contributed by atoms with van der Waals surface area (Å²) < 4.78 is 0. The van der Waals surface area contributed by atoms with Gasteiger partial charge in [-0.2, -0.15) is 0 Å². The zero-order chi connectivity index (χ0) is 17.4. The Morgan fingerprint density at radius 1 is 1.00 bits per heavy atom. The molecule has 0 heterocycles. The van der Waals surface area contributed by atoms with E-state index in [9.17, 15) is 0 Å². The van der Waals surface area contributed by atoms with Crippen LogP contribution >= 0.6 is 0 Å². The summed E-state index contributed by atoms with van der Waals surface area (Å²) in [7, 11) is 0. The van der Waals surface area contributed by atoms with Gasteiger partial charge in [0.05, 0.1) is 0 Å². The van der Waals surface area contributed by atoms with E-state index in [4.69, 9.17) is 0 Å². The van der Waals surface area contributed by atoms with Gasteiger partial charge in [-0.25, -0.2) is 0 Å². The highest BCUT2D eigenvalue weighted by molar-refractivity contribution is 5.91. The highest BCUT2D eigenvalue weighted by Gasteiger charge is 2.26. The fraction of sp³-hybridized carbons (Fsp3) is 0.280. The molecule has 3 aliphatic carbocycles. The molecule has 0 bridgehead atoms. The zero-order valence-corrected chi connectivity index (χ0v) is 15.5. The second-order valence-corrected chi connectivity index (χ2v) is 7.53. The minimum atomic E-state index is 1.06. The van der Waals surface area contributed by atoms with Crippen LogP contribution in [0.1, 0.15) is 49.8 Å². The number of allylic oxidation sites excluding steroid dienone is 12. The van der Waals surface area contributed by atoms with E-state index < -0.39 is 0 Å². The van der Waals surface area contributed by atoms with Crippen LogP contribution < -0.4 is 0 Å². The lowest BCUT2D eigenvalue weighted by Gasteiger charge is -2.17. The van der Waals surface area contributed by atoms with E-state index in [-0.39, 0.29) is 0 Å². The van der Waals surface area contributed by atoms with Gasteiger partial charge in [-0.3, -0.25) is 0 Å². The predicted octanol–water partition coefficient (Wildman–Crippen LogP) is 6.80. The van der Waals surface area contributed by atoms with E-state index in [1.54, 1.807) is 0 Å². The van der Waals surface area contributed by atoms with E-state index >= 15 is 0 Å². The summed E-state index contributed by atoms with van der Waals surface area (Å²) in [5.74, 6) is 0. The van der Waals surface area contributed by atoms with Crippen LogP contribution in [0.3, 0.4) is 0 Å². The van der Waals surface area contributed by atoms with Crippen molar-refractivity contribution in [2.75, 3.05) is 0 Å². The van der Waals surface area contributed by atoms with Crippen LogP contribution in [-0.2, 0) is 6.42 Å². The average molecular weight is 326 g/mol. The highest BCUT2D eigenvalue weighted by atomic mass is 14.3. The molecule has 0 fully saturated rings. The molecule has 0 atom stereocenters. The number of hydrogen-bond acceptors (Lipinski definition) is 0. The Labute approximate surface area is 151 Å². The van der Waals surface area contributed by atoms with Gasteiger partial charge in [0.1, 0.15) is 0 Å². The molecule has 1 aromatic carbocycles. The molecule has 3 aliphatic rings. The Morgan fingerprint density at radius 3 is 2.64 bits per heavy atom. The van der Waals surface area contributed by atoms with Crippen molar-refractivity contribution < 1.29 is 0 Å². The smallest absolute Gasteiger partial charge is 0.00105 e. The molecule has 0 saturated carbocycles. The number of hydrogen-bond donors (Lipinski definition) is 0. The van der Waals surface area contributed by atoms with Crippen LogP contribution in [0.25, 0.3) is 5.57 Å². The van der Waals surface area contributed by atoms with Crippen molar-refractivity contribution in [1.82, 2.24) is 0 Å². The molecule has 0 aliphatic heterocycles. The molecule has 0 heteroatoms. The first-order valence-electron chi connectivity index (χ1n) is 9.37. The van der Waals surface area contributed by atoms with Gasteiger partial charge < -0.3 is 0 Å². The van der Waals surface area contributed by atoms with Gasteiger partial charge in [0.15, 0.2) is 0 Å². The molecule has 126 valence electrons. The molecule has 0 radical (unpaired) electrons. The molecule has 0 spiro atoms. The lowest BCUT2D eigenvalue weighted by molar-refractivity contribution is 1.01. The maximum Gasteiger partial charge on any atom is -0.00105 e. The van der Waals surface area contributed by atoms with Crippen LogP contribution in [0.4, 0.5) is 0 Å². The Kier molecular flexibility index (Phi) is 4.21. The standard InChI is InChI=1S/C25H26/c1-17-8-7-11-22(14-17)25-23(19(3)20-9-5-4-6-10-20)16-21-13-12-18(2)15-24(21)25/h5,7-13,15H,4,6,14,16H2,1-3H3/b23-19?,25-22+. The van der Waals surface area contributed by atoms with Crippen molar-refractivity contribution in [3.05, 3.63) is 99.2 Å². The van der Waals surface area contributed by atoms with Gasteiger partial charge in [-0.05, 0) is 85.4 Å². The van der Waals surface area contributed by atoms with E-state index in [2.05, 4.69) is 75.4 Å². The van der Waals surface area contributed by atoms with Gasteiger partial charge in [0.2, 0.25) is 0 Å². The second kappa shape index (κ2) is 6.52. The van der Waals surface area contributed by atoms with E-state index in [0.29, 0.717) is 0 Å². The number of aryl methyl sites for hydroxylation is 1. The molecule has 0 saturated heterocycles. The van der Waals surface area contributed by atoms with Gasteiger partial charge in [0.25, 0.3) is 0 Å². The number of rotatable bonds is 1. The van der Waals surface area contributed by atoms with Crippen LogP contribution in [-0.4, -0.2) is 0 Å². The summed E-state index contributed by atoms with van der Waals surface area (Å²) in [6.07, 6.45) is 18.2. The quantitative estimate of drug-likeness (QED) is 0.532. The van der Waals surface area contributed by atoms with Gasteiger partial charge in [-0.1, -0.05) is 65.8 Å². The van der Waals surface area contributed by atoms with Gasteiger partial charge in [0, 0.05) is 0 Å². The first-order chi connectivity index (χ1) is 12.1. The maximum atomic E-state index is 2.40. The van der Waals surface area contributed by atoms with Crippen molar-refractivity contribution in [2.45, 2.75) is 46.5 Å². The third-order valence-corrected chi connectivity index (χ3v) is 5.55. The largest absolute Gasteiger partial charge is 0.0836 e. The second-order valence-electron chi connectivity index (χ2n) is 7.53. The van der Waals surface area contributed by atoms with Crippen molar-refractivity contribution in [2.24, 2.45) is 0 Å². The monoisotopic (exact) mass is 326 g/mol. The van der Waals surface area contributed by atoms with Crippen molar-refractivity contribution >= 4 is 5.57 Å². The summed E-state index contributed by atoms with van der Waals surface area (Å²) >= 11 is 0. The third kappa shape index (κ3) is 3.02. The Bertz CT molecular complexity index is 907. The van der Waals surface area contributed by atoms with Crippen molar-refractivity contribution in [3.8, 4) is 0 Å². The first-order valence-corrected chi connectivity index (χ1v) is 9.37. The summed E-state index contributed by atoms with van der Waals surface area (Å²) in [5, 5.41) is 0. The Hall–Kier alpha value is -2.34. The zero-order valence-electron chi connectivity index (χ0n) is 15.5. The van der Waals surface area contributed by atoms with Crippen molar-refractivity contribution in [3.63, 3.8) is 0 Å². The SMILES string of the molecule is CC1=CC=C/C(=C2/C(=C(C)C3=CCCC=C3)Cc3ccc(C)cc32)C1. The Balaban J connectivity index is 1.92. The van der Waals surface area contributed by atoms with Crippen LogP contribution in [0.2, 0.25) is 0 Å². The van der Waals surface area contributed by atoms with Crippen molar-refractivity contribution in [1.29, 1.82) is 0 Å². The summed E-state index contributed by atoms with van der Waals surface area (Å²) in [6.45, 7) is 6.75. The lowest BCUT2D eigenvalue weighted by Crippen LogP contribution is -1.98. The molecular weight excluding hydrogens is 300 g/mol. The first kappa shape index (κ1) is 16.1. The molecule has 4 rings (SSSR count). The Morgan fingerprint density at radius 2 is 1.88 bits per heavy atom. The predicted molar refractivity (Wildman–Crippen MR) is 108 cm³/mol. The van der Waals surface area contributed by atoms with Gasteiger partial charge in [-0.15, -0.1) is 0 Å². The van der Waals surface area contributed by atoms with E-state index in [0.717, 1.165) is 19.3 Å². The minimum Gasteiger partial charge on any atom is -0.0836 e. The molecule has 0 nitrogen and oxygen atoms in total. The fourth-order valence-corrected chi connectivity index (χ4v) is 4.19. The summed E-state index contributed by atoms with van der Waals surface area (Å²) in [6, 6.07) is 6.96. The average Bonchev–Trinajstić information content (AvgIpc) is 3.00. The van der Waals surface area contributed by atoms with E-state index in [1.807, 2.05) is 0 Å².